The van der Waals surface area contributed by atoms with Crippen LogP contribution in [0.5, 0.6) is 0 Å². The fraction of sp³-hybridized carbons (Fsp3) is 0.0714. The van der Waals surface area contributed by atoms with Crippen LogP contribution in [0.1, 0.15) is 16.2 Å². The number of amides is 1. The molecule has 1 amide bonds. The Kier molecular flexibility index (Phi) is 3.65. The van der Waals surface area contributed by atoms with Gasteiger partial charge >= 0.3 is 0 Å². The molecular formula is C14H9F2N3O3. The number of hydrogen-bond donors (Lipinski definition) is 1. The van der Waals surface area contributed by atoms with Crippen molar-refractivity contribution < 1.29 is 22.6 Å². The zero-order valence-electron chi connectivity index (χ0n) is 11.0. The number of carbonyl (C=O) groups excluding carboxylic acids is 1. The predicted molar refractivity (Wildman–Crippen MR) is 69.5 cm³/mol. The summed E-state index contributed by atoms with van der Waals surface area (Å²) in [5.74, 6) is -1.98. The van der Waals surface area contributed by atoms with Gasteiger partial charge in [0.15, 0.2) is 23.1 Å². The highest BCUT2D eigenvalue weighted by molar-refractivity contribution is 5.91. The summed E-state index contributed by atoms with van der Waals surface area (Å²) in [6.07, 6.45) is 1.28. The molecule has 0 saturated heterocycles. The van der Waals surface area contributed by atoms with Gasteiger partial charge in [0.2, 0.25) is 0 Å². The van der Waals surface area contributed by atoms with Crippen molar-refractivity contribution in [1.29, 1.82) is 0 Å². The second-order valence-electron chi connectivity index (χ2n) is 4.37. The van der Waals surface area contributed by atoms with E-state index in [4.69, 9.17) is 4.52 Å². The SMILES string of the molecule is O=C(NCc1cc(-c2ccc(F)c(F)c2)no1)c1ccon1. The lowest BCUT2D eigenvalue weighted by atomic mass is 10.1. The molecule has 1 N–H and O–H groups in total. The van der Waals surface area contributed by atoms with E-state index in [9.17, 15) is 13.6 Å². The summed E-state index contributed by atoms with van der Waals surface area (Å²) in [5, 5.41) is 9.79. The van der Waals surface area contributed by atoms with Crippen LogP contribution in [-0.4, -0.2) is 16.2 Å². The lowest BCUT2D eigenvalue weighted by Gasteiger charge is -1.98. The second-order valence-corrected chi connectivity index (χ2v) is 4.37. The van der Waals surface area contributed by atoms with Gasteiger partial charge in [0, 0.05) is 17.7 Å². The number of nitrogens with one attached hydrogen (secondary N) is 1. The minimum Gasteiger partial charge on any atom is -0.364 e. The van der Waals surface area contributed by atoms with Crippen molar-refractivity contribution in [2.75, 3.05) is 0 Å². The Morgan fingerprint density at radius 1 is 1.14 bits per heavy atom. The first-order valence-corrected chi connectivity index (χ1v) is 6.23. The number of halogens is 2. The monoisotopic (exact) mass is 305 g/mol. The first kappa shape index (κ1) is 13.9. The lowest BCUT2D eigenvalue weighted by Crippen LogP contribution is -2.22. The van der Waals surface area contributed by atoms with E-state index >= 15 is 0 Å². The topological polar surface area (TPSA) is 81.2 Å². The van der Waals surface area contributed by atoms with Crippen LogP contribution in [0.2, 0.25) is 0 Å². The number of aromatic nitrogens is 2. The van der Waals surface area contributed by atoms with Gasteiger partial charge in [0.1, 0.15) is 12.0 Å². The molecule has 2 heterocycles. The second kappa shape index (κ2) is 5.76. The normalized spacial score (nSPS) is 10.6. The lowest BCUT2D eigenvalue weighted by molar-refractivity contribution is 0.0938. The Morgan fingerprint density at radius 3 is 2.73 bits per heavy atom. The van der Waals surface area contributed by atoms with Crippen molar-refractivity contribution in [1.82, 2.24) is 15.6 Å². The fourth-order valence-corrected chi connectivity index (χ4v) is 1.78. The van der Waals surface area contributed by atoms with E-state index in [0.717, 1.165) is 12.1 Å². The molecule has 112 valence electrons. The maximum absolute atomic E-state index is 13.2. The third kappa shape index (κ3) is 2.85. The zero-order chi connectivity index (χ0) is 15.5. The summed E-state index contributed by atoms with van der Waals surface area (Å²) >= 11 is 0. The maximum Gasteiger partial charge on any atom is 0.273 e. The molecule has 0 bridgehead atoms. The Labute approximate surface area is 122 Å². The summed E-state index contributed by atoms with van der Waals surface area (Å²) in [4.78, 5) is 11.7. The summed E-state index contributed by atoms with van der Waals surface area (Å²) in [7, 11) is 0. The summed E-state index contributed by atoms with van der Waals surface area (Å²) in [6, 6.07) is 6.35. The molecule has 0 unspecified atom stereocenters. The van der Waals surface area contributed by atoms with E-state index in [-0.39, 0.29) is 12.2 Å². The Hall–Kier alpha value is -3.03. The van der Waals surface area contributed by atoms with E-state index in [2.05, 4.69) is 20.2 Å². The smallest absolute Gasteiger partial charge is 0.273 e. The van der Waals surface area contributed by atoms with Crippen LogP contribution in [0.4, 0.5) is 8.78 Å². The van der Waals surface area contributed by atoms with E-state index in [1.807, 2.05) is 0 Å². The van der Waals surface area contributed by atoms with Gasteiger partial charge in [-0.2, -0.15) is 0 Å². The van der Waals surface area contributed by atoms with Gasteiger partial charge in [-0.05, 0) is 18.2 Å². The third-order valence-electron chi connectivity index (χ3n) is 2.87. The van der Waals surface area contributed by atoms with Crippen molar-refractivity contribution in [3.05, 3.63) is 59.7 Å². The standard InChI is InChI=1S/C14H9F2N3O3/c15-10-2-1-8(5-11(10)16)13-6-9(22-19-13)7-17-14(20)12-3-4-21-18-12/h1-6H,7H2,(H,17,20). The molecule has 0 aliphatic heterocycles. The van der Waals surface area contributed by atoms with E-state index in [0.29, 0.717) is 17.0 Å². The first-order chi connectivity index (χ1) is 10.6. The molecule has 8 heteroatoms. The maximum atomic E-state index is 13.2. The van der Waals surface area contributed by atoms with Crippen LogP contribution in [0, 0.1) is 11.6 Å². The molecule has 0 aliphatic rings. The molecule has 0 radical (unpaired) electrons. The molecule has 22 heavy (non-hydrogen) atoms. The molecule has 6 nitrogen and oxygen atoms in total. The summed E-state index contributed by atoms with van der Waals surface area (Å²) < 4.78 is 35.7. The van der Waals surface area contributed by atoms with Crippen molar-refractivity contribution in [3.8, 4) is 11.3 Å². The fourth-order valence-electron chi connectivity index (χ4n) is 1.78. The number of hydrogen-bond acceptors (Lipinski definition) is 5. The van der Waals surface area contributed by atoms with Gasteiger partial charge in [-0.3, -0.25) is 4.79 Å². The molecule has 3 rings (SSSR count). The Morgan fingerprint density at radius 2 is 2.00 bits per heavy atom. The predicted octanol–water partition coefficient (Wildman–Crippen LogP) is 2.54. The van der Waals surface area contributed by atoms with Gasteiger partial charge in [0.05, 0.1) is 6.54 Å². The number of benzene rings is 1. The molecule has 1 aromatic carbocycles. The highest BCUT2D eigenvalue weighted by atomic mass is 19.2. The number of nitrogens with zero attached hydrogens (tertiary/aromatic N) is 2. The van der Waals surface area contributed by atoms with Crippen LogP contribution in [0.25, 0.3) is 11.3 Å². The van der Waals surface area contributed by atoms with Crippen LogP contribution >= 0.6 is 0 Å². The first-order valence-electron chi connectivity index (χ1n) is 6.23. The van der Waals surface area contributed by atoms with Gasteiger partial charge in [-0.25, -0.2) is 8.78 Å². The Bertz CT molecular complexity index is 800. The number of carbonyl (C=O) groups is 1. The van der Waals surface area contributed by atoms with Crippen molar-refractivity contribution in [2.24, 2.45) is 0 Å². The van der Waals surface area contributed by atoms with Crippen LogP contribution in [0.3, 0.4) is 0 Å². The van der Waals surface area contributed by atoms with Crippen molar-refractivity contribution in [2.45, 2.75) is 6.54 Å². The number of rotatable bonds is 4. The third-order valence-corrected chi connectivity index (χ3v) is 2.87. The van der Waals surface area contributed by atoms with E-state index < -0.39 is 17.5 Å². The molecule has 2 aromatic heterocycles. The summed E-state index contributed by atoms with van der Waals surface area (Å²) in [6.45, 7) is 0.0718. The van der Waals surface area contributed by atoms with E-state index in [1.165, 1.54) is 24.5 Å². The quantitative estimate of drug-likeness (QED) is 0.801. The van der Waals surface area contributed by atoms with Gasteiger partial charge in [0.25, 0.3) is 5.91 Å². The van der Waals surface area contributed by atoms with Crippen LogP contribution < -0.4 is 5.32 Å². The highest BCUT2D eigenvalue weighted by Gasteiger charge is 2.12. The average Bonchev–Trinajstić information content (AvgIpc) is 3.19. The van der Waals surface area contributed by atoms with Crippen molar-refractivity contribution >= 4 is 5.91 Å². The van der Waals surface area contributed by atoms with Crippen LogP contribution in [0.15, 0.2) is 45.6 Å². The molecule has 3 aromatic rings. The van der Waals surface area contributed by atoms with Gasteiger partial charge in [-0.15, -0.1) is 0 Å². The van der Waals surface area contributed by atoms with E-state index in [1.54, 1.807) is 0 Å². The zero-order valence-corrected chi connectivity index (χ0v) is 11.0. The van der Waals surface area contributed by atoms with Gasteiger partial charge < -0.3 is 14.4 Å². The average molecular weight is 305 g/mol. The molecule has 0 aliphatic carbocycles. The Balaban J connectivity index is 1.68. The molecular weight excluding hydrogens is 296 g/mol. The minimum absolute atomic E-state index is 0.0718. The molecule has 0 saturated carbocycles. The van der Waals surface area contributed by atoms with Crippen molar-refractivity contribution in [3.63, 3.8) is 0 Å². The highest BCUT2D eigenvalue weighted by Crippen LogP contribution is 2.21. The minimum atomic E-state index is -0.971. The molecule has 0 fully saturated rings. The molecule has 0 spiro atoms. The van der Waals surface area contributed by atoms with Gasteiger partial charge in [-0.1, -0.05) is 10.3 Å². The van der Waals surface area contributed by atoms with Crippen LogP contribution in [-0.2, 0) is 6.54 Å². The largest absolute Gasteiger partial charge is 0.364 e. The summed E-state index contributed by atoms with van der Waals surface area (Å²) in [5.41, 5.74) is 0.849. The molecule has 0 atom stereocenters.